The average Bonchev–Trinajstić information content (AvgIpc) is 2.76. The molecule has 1 atom stereocenters. The van der Waals surface area contributed by atoms with Gasteiger partial charge < -0.3 is 19.4 Å². The van der Waals surface area contributed by atoms with Crippen molar-refractivity contribution in [2.24, 2.45) is 0 Å². The Labute approximate surface area is 199 Å². The van der Waals surface area contributed by atoms with E-state index in [0.717, 1.165) is 16.9 Å². The maximum absolute atomic E-state index is 13.8. The van der Waals surface area contributed by atoms with Gasteiger partial charge >= 0.3 is 12.3 Å². The Hall–Kier alpha value is -2.90. The van der Waals surface area contributed by atoms with Crippen LogP contribution in [0.25, 0.3) is 0 Å². The first-order valence-electron chi connectivity index (χ1n) is 11.7. The third-order valence-corrected chi connectivity index (χ3v) is 6.41. The highest BCUT2D eigenvalue weighted by atomic mass is 19.4. The Morgan fingerprint density at radius 2 is 1.65 bits per heavy atom. The highest BCUT2D eigenvalue weighted by Crippen LogP contribution is 2.40. The van der Waals surface area contributed by atoms with Crippen molar-refractivity contribution in [3.05, 3.63) is 59.2 Å². The molecule has 5 nitrogen and oxygen atoms in total. The number of hydrogen-bond acceptors (Lipinski definition) is 4. The molecule has 0 aliphatic carbocycles. The van der Waals surface area contributed by atoms with Gasteiger partial charge in [-0.3, -0.25) is 0 Å². The second kappa shape index (κ2) is 9.04. The summed E-state index contributed by atoms with van der Waals surface area (Å²) in [4.78, 5) is 18.6. The van der Waals surface area contributed by atoms with Crippen molar-refractivity contribution in [2.45, 2.75) is 58.5 Å². The lowest BCUT2D eigenvalue weighted by molar-refractivity contribution is -0.138. The van der Waals surface area contributed by atoms with E-state index in [4.69, 9.17) is 4.74 Å². The van der Waals surface area contributed by atoms with Crippen LogP contribution in [0.2, 0.25) is 0 Å². The summed E-state index contributed by atoms with van der Waals surface area (Å²) < 4.78 is 47.0. The van der Waals surface area contributed by atoms with Crippen LogP contribution < -0.4 is 9.80 Å². The van der Waals surface area contributed by atoms with E-state index in [1.165, 1.54) is 6.07 Å². The molecule has 2 aliphatic heterocycles. The molecule has 0 saturated carbocycles. The predicted molar refractivity (Wildman–Crippen MR) is 127 cm³/mol. The fourth-order valence-electron chi connectivity index (χ4n) is 4.85. The summed E-state index contributed by atoms with van der Waals surface area (Å²) >= 11 is 0. The number of para-hydroxylation sites is 1. The van der Waals surface area contributed by atoms with E-state index in [-0.39, 0.29) is 12.1 Å². The number of piperazine rings is 1. The number of amides is 1. The van der Waals surface area contributed by atoms with Crippen molar-refractivity contribution >= 4 is 17.5 Å². The van der Waals surface area contributed by atoms with Crippen LogP contribution in [0.5, 0.6) is 0 Å². The second-order valence-corrected chi connectivity index (χ2v) is 10.1. The Kier molecular flexibility index (Phi) is 6.44. The van der Waals surface area contributed by atoms with Crippen molar-refractivity contribution < 1.29 is 22.7 Å². The number of halogens is 3. The first-order chi connectivity index (χ1) is 15.9. The SMILES string of the molecule is CC1CN(c2ccc(C(F)(F)F)c3c2CN(c2ccccc2)CC3)CCN1C(=O)OC(C)(C)C. The predicted octanol–water partition coefficient (Wildman–Crippen LogP) is 5.71. The minimum Gasteiger partial charge on any atom is -0.444 e. The Bertz CT molecular complexity index is 1030. The molecule has 0 radical (unpaired) electrons. The van der Waals surface area contributed by atoms with Gasteiger partial charge in [0.05, 0.1) is 5.56 Å². The molecule has 2 aromatic carbocycles. The molecule has 0 spiro atoms. The maximum Gasteiger partial charge on any atom is 0.416 e. The van der Waals surface area contributed by atoms with Gasteiger partial charge in [0, 0.05) is 50.1 Å². The van der Waals surface area contributed by atoms with Crippen LogP contribution in [0.4, 0.5) is 29.3 Å². The van der Waals surface area contributed by atoms with Gasteiger partial charge in [0.1, 0.15) is 5.60 Å². The molecule has 2 aromatic rings. The molecule has 2 aliphatic rings. The van der Waals surface area contributed by atoms with Crippen molar-refractivity contribution in [3.8, 4) is 0 Å². The normalized spacial score (nSPS) is 19.1. The highest BCUT2D eigenvalue weighted by molar-refractivity contribution is 5.70. The summed E-state index contributed by atoms with van der Waals surface area (Å²) in [5, 5.41) is 0. The summed E-state index contributed by atoms with van der Waals surface area (Å²) in [5.41, 5.74) is 1.81. The van der Waals surface area contributed by atoms with Gasteiger partial charge in [0.15, 0.2) is 0 Å². The molecule has 1 saturated heterocycles. The van der Waals surface area contributed by atoms with Gasteiger partial charge in [-0.05, 0) is 69.5 Å². The van der Waals surface area contributed by atoms with E-state index in [9.17, 15) is 18.0 Å². The van der Waals surface area contributed by atoms with Gasteiger partial charge in [-0.25, -0.2) is 4.79 Å². The lowest BCUT2D eigenvalue weighted by atomic mass is 9.91. The van der Waals surface area contributed by atoms with Crippen LogP contribution in [0.3, 0.4) is 0 Å². The van der Waals surface area contributed by atoms with E-state index in [0.29, 0.717) is 44.7 Å². The maximum atomic E-state index is 13.8. The monoisotopic (exact) mass is 475 g/mol. The van der Waals surface area contributed by atoms with E-state index in [1.807, 2.05) is 58.0 Å². The second-order valence-electron chi connectivity index (χ2n) is 10.1. The van der Waals surface area contributed by atoms with Crippen LogP contribution in [0, 0.1) is 0 Å². The molecule has 0 bridgehead atoms. The van der Waals surface area contributed by atoms with Gasteiger partial charge in [0.2, 0.25) is 0 Å². The first kappa shape index (κ1) is 24.2. The number of anilines is 2. The van der Waals surface area contributed by atoms with Crippen LogP contribution in [-0.2, 0) is 23.9 Å². The third-order valence-electron chi connectivity index (χ3n) is 6.41. The summed E-state index contributed by atoms with van der Waals surface area (Å²) in [6.45, 7) is 9.91. The van der Waals surface area contributed by atoms with E-state index in [1.54, 1.807) is 11.0 Å². The number of alkyl halides is 3. The lowest BCUT2D eigenvalue weighted by Gasteiger charge is -2.43. The van der Waals surface area contributed by atoms with Gasteiger partial charge in [-0.1, -0.05) is 18.2 Å². The summed E-state index contributed by atoms with van der Waals surface area (Å²) in [6, 6.07) is 12.5. The standard InChI is InChI=1S/C26H32F3N3O2/c1-18-16-31(14-15-32(18)24(33)34-25(2,3)4)23-11-10-22(26(27,28)29)20-12-13-30(17-21(20)23)19-8-6-5-7-9-19/h5-11,18H,12-17H2,1-4H3. The molecule has 2 heterocycles. The zero-order valence-electron chi connectivity index (χ0n) is 20.2. The van der Waals surface area contributed by atoms with E-state index >= 15 is 0 Å². The highest BCUT2D eigenvalue weighted by Gasteiger charge is 2.38. The van der Waals surface area contributed by atoms with Crippen LogP contribution in [0.1, 0.15) is 44.4 Å². The van der Waals surface area contributed by atoms with Crippen molar-refractivity contribution in [1.82, 2.24) is 4.90 Å². The largest absolute Gasteiger partial charge is 0.444 e. The van der Waals surface area contributed by atoms with Crippen LogP contribution in [0.15, 0.2) is 42.5 Å². The van der Waals surface area contributed by atoms with Gasteiger partial charge in [0.25, 0.3) is 0 Å². The van der Waals surface area contributed by atoms with E-state index in [2.05, 4.69) is 9.80 Å². The quantitative estimate of drug-likeness (QED) is 0.557. The number of carbonyl (C=O) groups excluding carboxylic acids is 1. The first-order valence-corrected chi connectivity index (χ1v) is 11.7. The van der Waals surface area contributed by atoms with Crippen molar-refractivity contribution in [3.63, 3.8) is 0 Å². The molecular formula is C26H32F3N3O2. The minimum absolute atomic E-state index is 0.129. The number of carbonyl (C=O) groups is 1. The molecule has 4 rings (SSSR count). The van der Waals surface area contributed by atoms with E-state index < -0.39 is 17.3 Å². The zero-order chi connectivity index (χ0) is 24.7. The molecule has 1 fully saturated rings. The average molecular weight is 476 g/mol. The van der Waals surface area contributed by atoms with Gasteiger partial charge in [-0.15, -0.1) is 0 Å². The van der Waals surface area contributed by atoms with Crippen molar-refractivity contribution in [1.29, 1.82) is 0 Å². The Morgan fingerprint density at radius 1 is 0.941 bits per heavy atom. The third kappa shape index (κ3) is 5.10. The molecule has 1 unspecified atom stereocenters. The van der Waals surface area contributed by atoms with Gasteiger partial charge in [-0.2, -0.15) is 13.2 Å². The molecule has 8 heteroatoms. The summed E-state index contributed by atoms with van der Waals surface area (Å²) in [7, 11) is 0. The number of benzene rings is 2. The Balaban J connectivity index is 1.62. The topological polar surface area (TPSA) is 36.0 Å². The number of hydrogen-bond donors (Lipinski definition) is 0. The van der Waals surface area contributed by atoms with Crippen LogP contribution in [-0.4, -0.2) is 48.8 Å². The molecule has 1 amide bonds. The number of rotatable bonds is 2. The molecule has 0 N–H and O–H groups in total. The van der Waals surface area contributed by atoms with Crippen molar-refractivity contribution in [2.75, 3.05) is 36.0 Å². The smallest absolute Gasteiger partial charge is 0.416 e. The molecule has 184 valence electrons. The number of fused-ring (bicyclic) bond motifs is 1. The fraction of sp³-hybridized carbons (Fsp3) is 0.500. The summed E-state index contributed by atoms with van der Waals surface area (Å²) in [5.74, 6) is 0. The number of ether oxygens (including phenoxy) is 1. The lowest BCUT2D eigenvalue weighted by Crippen LogP contribution is -2.55. The summed E-state index contributed by atoms with van der Waals surface area (Å²) in [6.07, 6.45) is -4.41. The Morgan fingerprint density at radius 3 is 2.26 bits per heavy atom. The molecular weight excluding hydrogens is 443 g/mol. The molecule has 0 aromatic heterocycles. The minimum atomic E-state index is -4.39. The van der Waals surface area contributed by atoms with Crippen LogP contribution >= 0.6 is 0 Å². The number of nitrogens with zero attached hydrogens (tertiary/aromatic N) is 3. The zero-order valence-corrected chi connectivity index (χ0v) is 20.2. The fourth-order valence-corrected chi connectivity index (χ4v) is 4.85. The molecule has 34 heavy (non-hydrogen) atoms.